The molecule has 1 aromatic carbocycles. The van der Waals surface area contributed by atoms with Gasteiger partial charge in [0.1, 0.15) is 0 Å². The van der Waals surface area contributed by atoms with Crippen molar-refractivity contribution in [3.63, 3.8) is 0 Å². The number of aromatic nitrogens is 3. The fourth-order valence-corrected chi connectivity index (χ4v) is 4.97. The van der Waals surface area contributed by atoms with Gasteiger partial charge in [-0.25, -0.2) is 0 Å². The largest absolute Gasteiger partial charge is 0.296 e. The Morgan fingerprint density at radius 1 is 0.793 bits per heavy atom. The van der Waals surface area contributed by atoms with Crippen molar-refractivity contribution in [3.05, 3.63) is 83.9 Å². The molecule has 150 valence electrons. The molecule has 5 heterocycles. The number of rotatable bonds is 6. The molecular weight excluding hydrogens is 358 g/mol. The van der Waals surface area contributed by atoms with E-state index in [-0.39, 0.29) is 0 Å². The van der Waals surface area contributed by atoms with Crippen LogP contribution in [0.5, 0.6) is 0 Å². The second kappa shape index (κ2) is 8.47. The molecule has 2 atom stereocenters. The second-order valence-electron chi connectivity index (χ2n) is 8.51. The number of fused-ring (bicyclic) bond motifs is 4. The summed E-state index contributed by atoms with van der Waals surface area (Å²) in [7, 11) is 0. The first-order valence-electron chi connectivity index (χ1n) is 10.7. The number of piperidine rings is 1. The highest BCUT2D eigenvalue weighted by Gasteiger charge is 2.34. The van der Waals surface area contributed by atoms with Crippen LogP contribution in [0.4, 0.5) is 0 Å². The molecule has 5 nitrogen and oxygen atoms in total. The zero-order valence-electron chi connectivity index (χ0n) is 16.9. The van der Waals surface area contributed by atoms with E-state index in [1.165, 1.54) is 42.8 Å². The second-order valence-corrected chi connectivity index (χ2v) is 8.51. The number of benzene rings is 1. The standard InChI is InChI=1S/C24H29N5/c1-2-7-22(17-29-13-5-12-26-29)21(6-1)16-28-15-20-9-10-24(28)19-27(14-20)18-23-8-3-4-11-25-23/h1-8,11-13,20,24H,9-10,14-19H2/t20-,24+/m1/s1. The zero-order valence-corrected chi connectivity index (χ0v) is 16.9. The van der Waals surface area contributed by atoms with Crippen LogP contribution in [0.15, 0.2) is 67.1 Å². The number of pyridine rings is 1. The molecule has 3 aliphatic rings. The zero-order chi connectivity index (χ0) is 19.5. The van der Waals surface area contributed by atoms with E-state index in [4.69, 9.17) is 0 Å². The van der Waals surface area contributed by atoms with Crippen LogP contribution < -0.4 is 0 Å². The van der Waals surface area contributed by atoms with E-state index in [2.05, 4.69) is 56.3 Å². The van der Waals surface area contributed by atoms with Gasteiger partial charge in [-0.2, -0.15) is 5.10 Å². The van der Waals surface area contributed by atoms with Gasteiger partial charge < -0.3 is 0 Å². The van der Waals surface area contributed by atoms with Crippen molar-refractivity contribution in [1.82, 2.24) is 24.6 Å². The van der Waals surface area contributed by atoms with Crippen molar-refractivity contribution < 1.29 is 0 Å². The molecule has 3 saturated heterocycles. The first-order chi connectivity index (χ1) is 14.3. The summed E-state index contributed by atoms with van der Waals surface area (Å²) in [5, 5.41) is 4.39. The average molecular weight is 388 g/mol. The maximum absolute atomic E-state index is 4.54. The molecule has 2 aromatic heterocycles. The fraction of sp³-hybridized carbons (Fsp3) is 0.417. The fourth-order valence-electron chi connectivity index (χ4n) is 4.97. The van der Waals surface area contributed by atoms with Crippen molar-refractivity contribution >= 4 is 0 Å². The third kappa shape index (κ3) is 4.41. The lowest BCUT2D eigenvalue weighted by molar-refractivity contribution is 0.122. The molecule has 0 spiro atoms. The van der Waals surface area contributed by atoms with E-state index < -0.39 is 0 Å². The van der Waals surface area contributed by atoms with E-state index in [0.29, 0.717) is 6.04 Å². The molecule has 3 fully saturated rings. The summed E-state index contributed by atoms with van der Waals surface area (Å²) >= 11 is 0. The average Bonchev–Trinajstić information content (AvgIpc) is 3.11. The Kier molecular flexibility index (Phi) is 5.41. The van der Waals surface area contributed by atoms with Crippen LogP contribution in [-0.4, -0.2) is 50.2 Å². The third-order valence-corrected chi connectivity index (χ3v) is 6.40. The van der Waals surface area contributed by atoms with Gasteiger partial charge in [-0.15, -0.1) is 0 Å². The summed E-state index contributed by atoms with van der Waals surface area (Å²) in [5.41, 5.74) is 4.00. The molecule has 2 bridgehead atoms. The van der Waals surface area contributed by atoms with Gasteiger partial charge in [0.05, 0.1) is 12.2 Å². The first-order valence-corrected chi connectivity index (χ1v) is 10.7. The van der Waals surface area contributed by atoms with Crippen LogP contribution in [0.25, 0.3) is 0 Å². The van der Waals surface area contributed by atoms with Crippen LogP contribution in [0.3, 0.4) is 0 Å². The lowest BCUT2D eigenvalue weighted by Gasteiger charge is -2.36. The van der Waals surface area contributed by atoms with Crippen molar-refractivity contribution in [2.24, 2.45) is 5.92 Å². The molecule has 29 heavy (non-hydrogen) atoms. The molecule has 0 unspecified atom stereocenters. The monoisotopic (exact) mass is 387 g/mol. The SMILES string of the molecule is c1ccc(CN2C[C@H]3CC[C@@H](C2)N(Cc2ccccc2Cn2cccn2)C3)nc1. The van der Waals surface area contributed by atoms with Gasteiger partial charge >= 0.3 is 0 Å². The lowest BCUT2D eigenvalue weighted by atomic mass is 9.94. The van der Waals surface area contributed by atoms with E-state index in [1.807, 2.05) is 35.4 Å². The van der Waals surface area contributed by atoms with E-state index in [9.17, 15) is 0 Å². The van der Waals surface area contributed by atoms with Crippen LogP contribution in [-0.2, 0) is 19.6 Å². The molecule has 0 aliphatic carbocycles. The lowest BCUT2D eigenvalue weighted by Crippen LogP contribution is -2.43. The quantitative estimate of drug-likeness (QED) is 0.649. The van der Waals surface area contributed by atoms with Crippen molar-refractivity contribution in [1.29, 1.82) is 0 Å². The van der Waals surface area contributed by atoms with Gasteiger partial charge in [-0.05, 0) is 48.1 Å². The molecular formula is C24H29N5. The van der Waals surface area contributed by atoms with Gasteiger partial charge in [0.15, 0.2) is 0 Å². The van der Waals surface area contributed by atoms with Crippen LogP contribution in [0.2, 0.25) is 0 Å². The Bertz CT molecular complexity index is 908. The molecule has 3 aromatic rings. The maximum atomic E-state index is 4.54. The molecule has 5 heteroatoms. The minimum absolute atomic E-state index is 0.634. The molecule has 0 radical (unpaired) electrons. The van der Waals surface area contributed by atoms with E-state index >= 15 is 0 Å². The summed E-state index contributed by atoms with van der Waals surface area (Å²) in [6.45, 7) is 6.40. The number of hydrogen-bond acceptors (Lipinski definition) is 4. The topological polar surface area (TPSA) is 37.2 Å². The minimum atomic E-state index is 0.634. The molecule has 6 rings (SSSR count). The highest BCUT2D eigenvalue weighted by Crippen LogP contribution is 2.30. The Labute approximate surface area is 173 Å². The van der Waals surface area contributed by atoms with Gasteiger partial charge in [-0.3, -0.25) is 19.5 Å². The number of hydrogen-bond donors (Lipinski definition) is 0. The number of nitrogens with zero attached hydrogens (tertiary/aromatic N) is 5. The Morgan fingerprint density at radius 3 is 2.45 bits per heavy atom. The van der Waals surface area contributed by atoms with Crippen LogP contribution in [0.1, 0.15) is 29.7 Å². The molecule has 0 saturated carbocycles. The third-order valence-electron chi connectivity index (χ3n) is 6.40. The van der Waals surface area contributed by atoms with E-state index in [0.717, 1.165) is 32.1 Å². The van der Waals surface area contributed by atoms with Crippen molar-refractivity contribution in [3.8, 4) is 0 Å². The maximum Gasteiger partial charge on any atom is 0.0662 e. The van der Waals surface area contributed by atoms with Gasteiger partial charge in [0.2, 0.25) is 0 Å². The van der Waals surface area contributed by atoms with Gasteiger partial charge in [0.25, 0.3) is 0 Å². The summed E-state index contributed by atoms with van der Waals surface area (Å²) in [6.07, 6.45) is 8.47. The smallest absolute Gasteiger partial charge is 0.0662 e. The normalized spacial score (nSPS) is 22.6. The Hall–Kier alpha value is -2.50. The van der Waals surface area contributed by atoms with Gasteiger partial charge in [-0.1, -0.05) is 30.3 Å². The molecule has 0 N–H and O–H groups in total. The van der Waals surface area contributed by atoms with Crippen LogP contribution in [0, 0.1) is 5.92 Å². The predicted octanol–water partition coefficient (Wildman–Crippen LogP) is 3.42. The van der Waals surface area contributed by atoms with Crippen LogP contribution >= 0.6 is 0 Å². The summed E-state index contributed by atoms with van der Waals surface area (Å²) in [6, 6.07) is 17.7. The summed E-state index contributed by atoms with van der Waals surface area (Å²) in [4.78, 5) is 9.90. The summed E-state index contributed by atoms with van der Waals surface area (Å²) < 4.78 is 2.02. The predicted molar refractivity (Wildman–Crippen MR) is 114 cm³/mol. The minimum Gasteiger partial charge on any atom is -0.296 e. The highest BCUT2D eigenvalue weighted by molar-refractivity contribution is 5.27. The van der Waals surface area contributed by atoms with Crippen molar-refractivity contribution in [2.75, 3.05) is 19.6 Å². The Morgan fingerprint density at radius 2 is 1.66 bits per heavy atom. The summed E-state index contributed by atoms with van der Waals surface area (Å²) in [5.74, 6) is 0.760. The first kappa shape index (κ1) is 18.5. The molecule has 3 aliphatic heterocycles. The van der Waals surface area contributed by atoms with E-state index in [1.54, 1.807) is 0 Å². The van der Waals surface area contributed by atoms with Gasteiger partial charge in [0, 0.05) is 57.4 Å². The van der Waals surface area contributed by atoms with Crippen molar-refractivity contribution in [2.45, 2.75) is 38.5 Å². The highest BCUT2D eigenvalue weighted by atomic mass is 15.3. The molecule has 0 amide bonds. The Balaban J connectivity index is 1.29.